The van der Waals surface area contributed by atoms with Crippen LogP contribution in [0.3, 0.4) is 0 Å². The van der Waals surface area contributed by atoms with Crippen LogP contribution in [0.1, 0.15) is 12.5 Å². The fraction of sp³-hybridized carbons (Fsp3) is 0.111. The summed E-state index contributed by atoms with van der Waals surface area (Å²) in [5.74, 6) is -0.412. The van der Waals surface area contributed by atoms with Gasteiger partial charge in [0.2, 0.25) is 5.88 Å². The molecule has 1 saturated heterocycles. The Bertz CT molecular complexity index is 1010. The molecule has 0 spiro atoms. The Hall–Kier alpha value is -3.86. The predicted octanol–water partition coefficient (Wildman–Crippen LogP) is 2.10. The second-order valence-corrected chi connectivity index (χ2v) is 6.06. The number of hydrogen-bond donors (Lipinski definition) is 2. The van der Waals surface area contributed by atoms with E-state index in [9.17, 15) is 19.7 Å². The molecule has 0 bridgehead atoms. The summed E-state index contributed by atoms with van der Waals surface area (Å²) in [5.41, 5.74) is 0.255. The Morgan fingerprint density at radius 2 is 1.90 bits per heavy atom. The topological polar surface area (TPSA) is 133 Å². The number of benzene rings is 1. The molecule has 2 aromatic rings. The molecule has 2 heterocycles. The van der Waals surface area contributed by atoms with Crippen LogP contribution < -0.4 is 20.1 Å². The van der Waals surface area contributed by atoms with Crippen molar-refractivity contribution in [3.05, 3.63) is 57.8 Å². The molecule has 10 nitrogen and oxygen atoms in total. The average molecular weight is 414 g/mol. The van der Waals surface area contributed by atoms with Gasteiger partial charge in [-0.05, 0) is 42.9 Å². The van der Waals surface area contributed by atoms with Crippen LogP contribution in [-0.2, 0) is 9.59 Å². The standard InChI is InChI=1S/C18H14N4O6S/c1-2-27-14-8-10(7-12-16(23)20-18(29)21-17(12)24)3-5-13(14)28-15-6-4-11(9-19-15)22(25)26/h3-9H,2H2,1H3,(H2,20,21,23,24,29). The molecule has 2 N–H and O–H groups in total. The molecule has 1 aliphatic rings. The predicted molar refractivity (Wildman–Crippen MR) is 105 cm³/mol. The Morgan fingerprint density at radius 1 is 1.17 bits per heavy atom. The van der Waals surface area contributed by atoms with Gasteiger partial charge in [0, 0.05) is 12.1 Å². The molecule has 2 amide bonds. The molecule has 0 unspecified atom stereocenters. The summed E-state index contributed by atoms with van der Waals surface area (Å²) < 4.78 is 11.2. The number of rotatable bonds is 6. The lowest BCUT2D eigenvalue weighted by molar-refractivity contribution is -0.385. The quantitative estimate of drug-likeness (QED) is 0.241. The van der Waals surface area contributed by atoms with E-state index in [1.807, 2.05) is 0 Å². The molecular weight excluding hydrogens is 400 g/mol. The van der Waals surface area contributed by atoms with E-state index in [0.717, 1.165) is 6.20 Å². The summed E-state index contributed by atoms with van der Waals surface area (Å²) in [6.07, 6.45) is 2.47. The largest absolute Gasteiger partial charge is 0.490 e. The number of carbonyl (C=O) groups excluding carboxylic acids is 2. The maximum atomic E-state index is 12.0. The summed E-state index contributed by atoms with van der Waals surface area (Å²) in [7, 11) is 0. The van der Waals surface area contributed by atoms with Gasteiger partial charge in [0.25, 0.3) is 17.5 Å². The second-order valence-electron chi connectivity index (χ2n) is 5.65. The van der Waals surface area contributed by atoms with Crippen molar-refractivity contribution in [2.75, 3.05) is 6.61 Å². The van der Waals surface area contributed by atoms with Crippen molar-refractivity contribution >= 4 is 40.9 Å². The summed E-state index contributed by atoms with van der Waals surface area (Å²) in [4.78, 5) is 38.0. The van der Waals surface area contributed by atoms with Gasteiger partial charge in [0.05, 0.1) is 11.5 Å². The SMILES string of the molecule is CCOc1cc(C=C2C(=O)NC(=S)NC2=O)ccc1Oc1ccc([N+](=O)[O-])cn1. The normalized spacial score (nSPS) is 13.4. The van der Waals surface area contributed by atoms with Crippen LogP contribution in [0.15, 0.2) is 42.1 Å². The van der Waals surface area contributed by atoms with E-state index < -0.39 is 16.7 Å². The molecule has 0 saturated carbocycles. The zero-order chi connectivity index (χ0) is 21.0. The number of amides is 2. The van der Waals surface area contributed by atoms with E-state index in [1.54, 1.807) is 25.1 Å². The highest BCUT2D eigenvalue weighted by Gasteiger charge is 2.25. The fourth-order valence-corrected chi connectivity index (χ4v) is 2.58. The van der Waals surface area contributed by atoms with E-state index in [2.05, 4.69) is 15.6 Å². The van der Waals surface area contributed by atoms with Gasteiger partial charge in [-0.15, -0.1) is 0 Å². The minimum atomic E-state index is -0.605. The molecule has 1 aromatic heterocycles. The number of nitrogens with one attached hydrogen (secondary N) is 2. The Balaban J connectivity index is 1.88. The number of ether oxygens (including phenoxy) is 2. The summed E-state index contributed by atoms with van der Waals surface area (Å²) >= 11 is 4.76. The van der Waals surface area contributed by atoms with E-state index >= 15 is 0 Å². The van der Waals surface area contributed by atoms with Gasteiger partial charge in [0.15, 0.2) is 16.6 Å². The third-order valence-electron chi connectivity index (χ3n) is 3.67. The summed E-state index contributed by atoms with van der Waals surface area (Å²) in [6.45, 7) is 2.11. The minimum absolute atomic E-state index is 0.0495. The van der Waals surface area contributed by atoms with Crippen LogP contribution in [0, 0.1) is 10.1 Å². The number of carbonyl (C=O) groups is 2. The lowest BCUT2D eigenvalue weighted by atomic mass is 10.1. The van der Waals surface area contributed by atoms with Crippen molar-refractivity contribution in [3.63, 3.8) is 0 Å². The van der Waals surface area contributed by atoms with Gasteiger partial charge in [0.1, 0.15) is 11.8 Å². The minimum Gasteiger partial charge on any atom is -0.490 e. The highest BCUT2D eigenvalue weighted by Crippen LogP contribution is 2.33. The zero-order valence-corrected chi connectivity index (χ0v) is 15.8. The van der Waals surface area contributed by atoms with Crippen molar-refractivity contribution in [2.24, 2.45) is 0 Å². The molecule has 0 aliphatic carbocycles. The van der Waals surface area contributed by atoms with Gasteiger partial charge >= 0.3 is 0 Å². The number of pyridine rings is 1. The highest BCUT2D eigenvalue weighted by atomic mass is 32.1. The molecule has 0 atom stereocenters. The molecule has 1 fully saturated rings. The Kier molecular flexibility index (Phi) is 5.79. The molecule has 3 rings (SSSR count). The molecule has 1 aliphatic heterocycles. The van der Waals surface area contributed by atoms with Crippen LogP contribution in [0.2, 0.25) is 0 Å². The van der Waals surface area contributed by atoms with E-state index in [0.29, 0.717) is 23.7 Å². The molecular formula is C18H14N4O6S. The van der Waals surface area contributed by atoms with E-state index in [-0.39, 0.29) is 22.3 Å². The van der Waals surface area contributed by atoms with E-state index in [4.69, 9.17) is 21.7 Å². The maximum absolute atomic E-state index is 12.0. The smallest absolute Gasteiger partial charge is 0.287 e. The molecule has 1 aromatic carbocycles. The van der Waals surface area contributed by atoms with Crippen LogP contribution in [0.5, 0.6) is 17.4 Å². The first-order valence-corrected chi connectivity index (χ1v) is 8.71. The lowest BCUT2D eigenvalue weighted by Gasteiger charge is -2.16. The van der Waals surface area contributed by atoms with Crippen molar-refractivity contribution in [1.29, 1.82) is 0 Å². The van der Waals surface area contributed by atoms with Crippen molar-refractivity contribution < 1.29 is 24.0 Å². The van der Waals surface area contributed by atoms with E-state index in [1.165, 1.54) is 18.2 Å². The summed E-state index contributed by atoms with van der Waals surface area (Å²) in [5, 5.41) is 15.4. The van der Waals surface area contributed by atoms with Gasteiger partial charge in [-0.1, -0.05) is 6.07 Å². The lowest BCUT2D eigenvalue weighted by Crippen LogP contribution is -2.51. The van der Waals surface area contributed by atoms with Crippen molar-refractivity contribution in [1.82, 2.24) is 15.6 Å². The first kappa shape index (κ1) is 19.9. The number of hydrogen-bond acceptors (Lipinski definition) is 8. The summed E-state index contributed by atoms with van der Waals surface area (Å²) in [6, 6.07) is 7.41. The van der Waals surface area contributed by atoms with Gasteiger partial charge in [-0.25, -0.2) is 4.98 Å². The molecule has 11 heteroatoms. The molecule has 29 heavy (non-hydrogen) atoms. The number of thiocarbonyl (C=S) groups is 1. The monoisotopic (exact) mass is 414 g/mol. The number of aromatic nitrogens is 1. The third-order valence-corrected chi connectivity index (χ3v) is 3.87. The maximum Gasteiger partial charge on any atom is 0.287 e. The van der Waals surface area contributed by atoms with Crippen LogP contribution in [-0.4, -0.2) is 33.4 Å². The number of nitrogens with zero attached hydrogens (tertiary/aromatic N) is 2. The zero-order valence-electron chi connectivity index (χ0n) is 15.0. The Labute approximate surface area is 169 Å². The highest BCUT2D eigenvalue weighted by molar-refractivity contribution is 7.80. The third kappa shape index (κ3) is 4.71. The molecule has 148 valence electrons. The Morgan fingerprint density at radius 3 is 2.48 bits per heavy atom. The first-order chi connectivity index (χ1) is 13.9. The van der Waals surface area contributed by atoms with Crippen LogP contribution in [0.25, 0.3) is 6.08 Å². The first-order valence-electron chi connectivity index (χ1n) is 8.31. The fourth-order valence-electron chi connectivity index (χ4n) is 2.39. The van der Waals surface area contributed by atoms with Crippen LogP contribution in [0.4, 0.5) is 5.69 Å². The average Bonchev–Trinajstić information content (AvgIpc) is 2.67. The van der Waals surface area contributed by atoms with Crippen LogP contribution >= 0.6 is 12.2 Å². The molecule has 0 radical (unpaired) electrons. The number of nitro groups is 1. The van der Waals surface area contributed by atoms with Crippen molar-refractivity contribution in [3.8, 4) is 17.4 Å². The second kappa shape index (κ2) is 8.44. The van der Waals surface area contributed by atoms with Crippen molar-refractivity contribution in [2.45, 2.75) is 6.92 Å². The van der Waals surface area contributed by atoms with Gasteiger partial charge in [-0.2, -0.15) is 0 Å². The van der Waals surface area contributed by atoms with Gasteiger partial charge < -0.3 is 9.47 Å². The van der Waals surface area contributed by atoms with Gasteiger partial charge in [-0.3, -0.25) is 30.3 Å².